The fourth-order valence-corrected chi connectivity index (χ4v) is 4.94. The van der Waals surface area contributed by atoms with E-state index in [1.54, 1.807) is 18.2 Å². The number of para-hydroxylation sites is 1. The Morgan fingerprint density at radius 3 is 2.82 bits per heavy atom. The molecule has 0 amide bonds. The molecule has 34 heavy (non-hydrogen) atoms. The highest BCUT2D eigenvalue weighted by Gasteiger charge is 2.74. The van der Waals surface area contributed by atoms with E-state index in [4.69, 9.17) is 24.0 Å². The Hall–Kier alpha value is -2.84. The first-order chi connectivity index (χ1) is 16.1. The monoisotopic (exact) mass is 505 g/mol. The van der Waals surface area contributed by atoms with Gasteiger partial charge in [-0.05, 0) is 6.07 Å². The molecule has 5 rings (SSSR count). The molecule has 0 aliphatic carbocycles. The van der Waals surface area contributed by atoms with Crippen LogP contribution in [0.2, 0.25) is 0 Å². The number of nitrogen functional groups attached to an aromatic ring is 1. The van der Waals surface area contributed by atoms with Crippen molar-refractivity contribution in [3.05, 3.63) is 42.5 Å². The van der Waals surface area contributed by atoms with Crippen molar-refractivity contribution in [3.8, 4) is 5.75 Å². The summed E-state index contributed by atoms with van der Waals surface area (Å²) in [4.78, 5) is 11.4. The Bertz CT molecular complexity index is 1290. The molecule has 16 heteroatoms. The highest BCUT2D eigenvalue weighted by Crippen LogP contribution is 2.58. The van der Waals surface area contributed by atoms with Gasteiger partial charge >= 0.3 is 13.7 Å². The maximum Gasteiger partial charge on any atom is 0.530 e. The van der Waals surface area contributed by atoms with Crippen LogP contribution in [0.3, 0.4) is 0 Å². The lowest BCUT2D eigenvalue weighted by Gasteiger charge is -2.34. The molecular weight excluding hydrogens is 489 g/mol. The quantitative estimate of drug-likeness (QED) is 0.392. The third-order valence-electron chi connectivity index (χ3n) is 5.55. The number of rotatable bonds is 5. The van der Waals surface area contributed by atoms with Crippen molar-refractivity contribution in [3.63, 3.8) is 0 Å². The lowest BCUT2D eigenvalue weighted by atomic mass is 9.95. The average molecular weight is 505 g/mol. The fraction of sp³-hybridized carbons (Fsp3) is 0.389. The molecule has 3 N–H and O–H groups in total. The smallest absolute Gasteiger partial charge is 0.404 e. The lowest BCUT2D eigenvalue weighted by molar-refractivity contribution is -0.242. The van der Waals surface area contributed by atoms with Crippen molar-refractivity contribution >= 4 is 24.8 Å². The first kappa shape index (κ1) is 22.9. The number of phosphoric ester groups is 1. The number of phosphoric acid groups is 1. The van der Waals surface area contributed by atoms with Crippen molar-refractivity contribution in [2.45, 2.75) is 36.9 Å². The first-order valence-corrected chi connectivity index (χ1v) is 11.2. The van der Waals surface area contributed by atoms with E-state index < -0.39 is 44.7 Å². The van der Waals surface area contributed by atoms with Gasteiger partial charge in [0.15, 0.2) is 23.8 Å². The summed E-state index contributed by atoms with van der Waals surface area (Å²) in [5, 5.41) is 10.3. The van der Waals surface area contributed by atoms with Crippen LogP contribution in [0.25, 0.3) is 11.2 Å². The summed E-state index contributed by atoms with van der Waals surface area (Å²) in [6, 6.07) is 6.23. The van der Waals surface area contributed by atoms with Gasteiger partial charge in [-0.15, -0.1) is 0 Å². The predicted octanol–water partition coefficient (Wildman–Crippen LogP) is 2.67. The highest BCUT2D eigenvalue weighted by atomic mass is 31.2. The number of alkyl halides is 4. The molecule has 11 nitrogen and oxygen atoms in total. The number of benzene rings is 1. The molecule has 4 heterocycles. The van der Waals surface area contributed by atoms with Gasteiger partial charge in [-0.2, -0.15) is 8.78 Å². The minimum absolute atomic E-state index is 0.0143. The third-order valence-corrected chi connectivity index (χ3v) is 6.86. The molecule has 1 aromatic carbocycles. The molecule has 0 saturated carbocycles. The molecule has 2 aliphatic rings. The zero-order chi connectivity index (χ0) is 24.3. The van der Waals surface area contributed by atoms with E-state index in [9.17, 15) is 18.5 Å². The van der Waals surface area contributed by atoms with Crippen LogP contribution in [0, 0.1) is 0 Å². The van der Waals surface area contributed by atoms with E-state index in [2.05, 4.69) is 15.0 Å². The van der Waals surface area contributed by atoms with E-state index in [1.165, 1.54) is 6.07 Å². The number of halogens is 4. The molecule has 0 radical (unpaired) electrons. The van der Waals surface area contributed by atoms with E-state index in [1.807, 2.05) is 0 Å². The molecule has 1 fully saturated rings. The van der Waals surface area contributed by atoms with Gasteiger partial charge in [0.05, 0.1) is 12.9 Å². The number of nitrogens with zero attached hydrogens (tertiary/aromatic N) is 4. The Morgan fingerprint density at radius 2 is 2.06 bits per heavy atom. The zero-order valence-corrected chi connectivity index (χ0v) is 17.8. The molecule has 182 valence electrons. The number of aliphatic hydroxyl groups is 1. The van der Waals surface area contributed by atoms with Crippen molar-refractivity contribution in [1.82, 2.24) is 19.5 Å². The van der Waals surface area contributed by atoms with Crippen LogP contribution in [0.15, 0.2) is 36.9 Å². The van der Waals surface area contributed by atoms with Gasteiger partial charge < -0.3 is 20.1 Å². The van der Waals surface area contributed by atoms with Crippen LogP contribution in [0.1, 0.15) is 11.8 Å². The van der Waals surface area contributed by atoms with Crippen LogP contribution >= 0.6 is 7.82 Å². The molecular formula is C18H16F4N5O6P. The van der Waals surface area contributed by atoms with Gasteiger partial charge in [0.25, 0.3) is 6.43 Å². The number of hydrogen-bond donors (Lipinski definition) is 2. The average Bonchev–Trinajstić information content (AvgIpc) is 3.31. The zero-order valence-electron chi connectivity index (χ0n) is 16.9. The summed E-state index contributed by atoms with van der Waals surface area (Å²) in [6.45, 7) is -1.89. The summed E-state index contributed by atoms with van der Waals surface area (Å²) in [5.41, 5.74) is 2.29. The van der Waals surface area contributed by atoms with Crippen LogP contribution in [-0.2, 0) is 25.0 Å². The van der Waals surface area contributed by atoms with Crippen molar-refractivity contribution in [2.75, 3.05) is 12.3 Å². The van der Waals surface area contributed by atoms with Crippen LogP contribution in [0.5, 0.6) is 5.75 Å². The number of nitrogens with two attached hydrogens (primary N) is 1. The highest BCUT2D eigenvalue weighted by molar-refractivity contribution is 7.49. The molecule has 1 saturated heterocycles. The van der Waals surface area contributed by atoms with Gasteiger partial charge in [-0.1, -0.05) is 18.2 Å². The van der Waals surface area contributed by atoms with Crippen LogP contribution < -0.4 is 10.3 Å². The molecule has 2 aliphatic heterocycles. The topological polar surface area (TPSA) is 144 Å². The summed E-state index contributed by atoms with van der Waals surface area (Å²) < 4.78 is 92.3. The summed E-state index contributed by atoms with van der Waals surface area (Å²) in [5.74, 6) is -4.59. The largest absolute Gasteiger partial charge is 0.530 e. The Morgan fingerprint density at radius 1 is 1.29 bits per heavy atom. The minimum atomic E-state index is -4.58. The van der Waals surface area contributed by atoms with E-state index in [0.29, 0.717) is 5.56 Å². The molecule has 4 unspecified atom stereocenters. The molecule has 0 spiro atoms. The minimum Gasteiger partial charge on any atom is -0.404 e. The van der Waals surface area contributed by atoms with Gasteiger partial charge in [0, 0.05) is 5.56 Å². The third kappa shape index (κ3) is 3.34. The Kier molecular flexibility index (Phi) is 5.29. The maximum absolute atomic E-state index is 15.2. The number of hydrogen-bond acceptors (Lipinski definition) is 10. The second-order valence-electron chi connectivity index (χ2n) is 7.54. The normalized spacial score (nSPS) is 30.4. The van der Waals surface area contributed by atoms with Crippen LogP contribution in [-0.4, -0.2) is 55.3 Å². The van der Waals surface area contributed by atoms with Crippen molar-refractivity contribution < 1.29 is 45.5 Å². The van der Waals surface area contributed by atoms with Gasteiger partial charge in [-0.3, -0.25) is 13.6 Å². The van der Waals surface area contributed by atoms with E-state index >= 15 is 8.78 Å². The number of aliphatic hydroxyl groups excluding tert-OH is 1. The standard InChI is InChI=1S/C18H16F4N5O6P/c19-16(20)17(6-31-34(29)30-5-9-3-1-2-4-10(9)33-34)18(21,22)12(28)15(32-17)27-8-26-11-13(23)24-7-25-14(11)27/h1-4,7-8,12,15-16,28H,5-6H2,(H2,23,24,25). The van der Waals surface area contributed by atoms with Gasteiger partial charge in [0.2, 0.25) is 5.60 Å². The molecule has 3 aromatic rings. The summed E-state index contributed by atoms with van der Waals surface area (Å²) >= 11 is 0. The molecule has 4 atom stereocenters. The van der Waals surface area contributed by atoms with Crippen molar-refractivity contribution in [1.29, 1.82) is 0 Å². The van der Waals surface area contributed by atoms with E-state index in [0.717, 1.165) is 17.2 Å². The predicted molar refractivity (Wildman–Crippen MR) is 105 cm³/mol. The first-order valence-electron chi connectivity index (χ1n) is 9.69. The fourth-order valence-electron chi connectivity index (χ4n) is 3.69. The lowest BCUT2D eigenvalue weighted by Crippen LogP contribution is -2.57. The number of fused-ring (bicyclic) bond motifs is 2. The second-order valence-corrected chi connectivity index (χ2v) is 9.14. The van der Waals surface area contributed by atoms with Crippen LogP contribution in [0.4, 0.5) is 23.4 Å². The number of ether oxygens (including phenoxy) is 1. The Labute approximate surface area is 188 Å². The van der Waals surface area contributed by atoms with Gasteiger partial charge in [0.1, 0.15) is 24.2 Å². The van der Waals surface area contributed by atoms with Crippen molar-refractivity contribution in [2.24, 2.45) is 0 Å². The number of anilines is 1. The second kappa shape index (κ2) is 7.85. The molecule has 2 aromatic heterocycles. The SMILES string of the molecule is Nc1ncnc2c1ncn2C1OC(COP2(=O)OCc3ccccc3O2)(C(F)F)C(F)(F)C1O. The number of aromatic nitrogens is 4. The maximum atomic E-state index is 15.2. The van der Waals surface area contributed by atoms with E-state index in [-0.39, 0.29) is 29.3 Å². The Balaban J connectivity index is 1.46. The molecule has 0 bridgehead atoms. The van der Waals surface area contributed by atoms with Gasteiger partial charge in [-0.25, -0.2) is 28.3 Å². The number of imidazole rings is 1. The summed E-state index contributed by atoms with van der Waals surface area (Å²) in [6.07, 6.45) is -6.80. The summed E-state index contributed by atoms with van der Waals surface area (Å²) in [7, 11) is -4.57.